The third-order valence-electron chi connectivity index (χ3n) is 2.34. The number of aryl methyl sites for hydroxylation is 1. The van der Waals surface area contributed by atoms with E-state index >= 15 is 0 Å². The van der Waals surface area contributed by atoms with Crippen LogP contribution in [0.4, 0.5) is 0 Å². The molecule has 0 unspecified atom stereocenters. The third kappa shape index (κ3) is 3.11. The second-order valence-electron chi connectivity index (χ2n) is 3.78. The number of hydrogen-bond acceptors (Lipinski definition) is 3. The Labute approximate surface area is 99.7 Å². The van der Waals surface area contributed by atoms with Gasteiger partial charge in [0.2, 0.25) is 0 Å². The Morgan fingerprint density at radius 3 is 2.88 bits per heavy atom. The first-order valence-corrected chi connectivity index (χ1v) is 5.37. The molecule has 0 aliphatic rings. The average Bonchev–Trinajstić information content (AvgIpc) is 2.37. The number of nitrogens with zero attached hydrogens (tertiary/aromatic N) is 2. The standard InChI is InChI=1S/C13H13N3O/c1-10-4-2-5-11(8-10)9-14-13(17)12-6-3-7-15-16-12/h2-8H,9H2,1H3,(H,14,17). The van der Waals surface area contributed by atoms with E-state index < -0.39 is 0 Å². The zero-order valence-electron chi connectivity index (χ0n) is 9.55. The molecule has 0 aliphatic carbocycles. The first kappa shape index (κ1) is 11.3. The van der Waals surface area contributed by atoms with E-state index in [-0.39, 0.29) is 5.91 Å². The maximum absolute atomic E-state index is 11.7. The monoisotopic (exact) mass is 227 g/mol. The molecule has 1 N–H and O–H groups in total. The summed E-state index contributed by atoms with van der Waals surface area (Å²) in [5, 5.41) is 10.2. The Morgan fingerprint density at radius 1 is 1.29 bits per heavy atom. The molecule has 0 fully saturated rings. The number of aromatic nitrogens is 2. The zero-order chi connectivity index (χ0) is 12.1. The smallest absolute Gasteiger partial charge is 0.272 e. The maximum atomic E-state index is 11.7. The van der Waals surface area contributed by atoms with Crippen LogP contribution in [0.5, 0.6) is 0 Å². The minimum Gasteiger partial charge on any atom is -0.347 e. The number of rotatable bonds is 3. The Morgan fingerprint density at radius 2 is 2.18 bits per heavy atom. The molecule has 1 aromatic heterocycles. The lowest BCUT2D eigenvalue weighted by atomic mass is 10.1. The van der Waals surface area contributed by atoms with Crippen molar-refractivity contribution in [1.82, 2.24) is 15.5 Å². The molecule has 2 rings (SSSR count). The number of carbonyl (C=O) groups excluding carboxylic acids is 1. The lowest BCUT2D eigenvalue weighted by Gasteiger charge is -2.04. The van der Waals surface area contributed by atoms with Crippen LogP contribution in [0.1, 0.15) is 21.6 Å². The van der Waals surface area contributed by atoms with Crippen molar-refractivity contribution in [2.24, 2.45) is 0 Å². The fourth-order valence-corrected chi connectivity index (χ4v) is 1.52. The quantitative estimate of drug-likeness (QED) is 0.868. The molecule has 0 atom stereocenters. The molecular weight excluding hydrogens is 214 g/mol. The van der Waals surface area contributed by atoms with Gasteiger partial charge in [-0.15, -0.1) is 5.10 Å². The predicted molar refractivity (Wildman–Crippen MR) is 64.4 cm³/mol. The first-order valence-electron chi connectivity index (χ1n) is 5.37. The number of amides is 1. The van der Waals surface area contributed by atoms with Crippen LogP contribution in [0.15, 0.2) is 42.6 Å². The highest BCUT2D eigenvalue weighted by Crippen LogP contribution is 2.03. The van der Waals surface area contributed by atoms with Crippen LogP contribution in [-0.4, -0.2) is 16.1 Å². The van der Waals surface area contributed by atoms with Crippen molar-refractivity contribution >= 4 is 5.91 Å². The van der Waals surface area contributed by atoms with Crippen LogP contribution in [-0.2, 0) is 6.54 Å². The number of nitrogens with one attached hydrogen (secondary N) is 1. The van der Waals surface area contributed by atoms with Crippen LogP contribution in [0.3, 0.4) is 0 Å². The highest BCUT2D eigenvalue weighted by atomic mass is 16.1. The molecule has 4 nitrogen and oxygen atoms in total. The molecule has 0 spiro atoms. The molecule has 0 bridgehead atoms. The predicted octanol–water partition coefficient (Wildman–Crippen LogP) is 1.72. The molecule has 0 radical (unpaired) electrons. The first-order chi connectivity index (χ1) is 8.25. The molecule has 86 valence electrons. The van der Waals surface area contributed by atoms with Gasteiger partial charge in [0.1, 0.15) is 0 Å². The Balaban J connectivity index is 1.97. The van der Waals surface area contributed by atoms with Gasteiger partial charge in [-0.1, -0.05) is 29.8 Å². The van der Waals surface area contributed by atoms with E-state index in [0.717, 1.165) is 5.56 Å². The van der Waals surface area contributed by atoms with Gasteiger partial charge in [-0.25, -0.2) is 0 Å². The summed E-state index contributed by atoms with van der Waals surface area (Å²) in [6.45, 7) is 2.52. The Hall–Kier alpha value is -2.23. The highest BCUT2D eigenvalue weighted by molar-refractivity contribution is 5.91. The summed E-state index contributed by atoms with van der Waals surface area (Å²) in [5.74, 6) is -0.209. The van der Waals surface area contributed by atoms with E-state index in [1.54, 1.807) is 12.1 Å². The van der Waals surface area contributed by atoms with E-state index in [9.17, 15) is 4.79 Å². The molecule has 1 aromatic carbocycles. The van der Waals surface area contributed by atoms with Gasteiger partial charge >= 0.3 is 0 Å². The number of carbonyl (C=O) groups is 1. The van der Waals surface area contributed by atoms with Crippen LogP contribution < -0.4 is 5.32 Å². The minimum atomic E-state index is -0.209. The van der Waals surface area contributed by atoms with Crippen LogP contribution in [0.25, 0.3) is 0 Å². The molecule has 2 aromatic rings. The van der Waals surface area contributed by atoms with Gasteiger partial charge in [0.05, 0.1) is 0 Å². The summed E-state index contributed by atoms with van der Waals surface area (Å²) in [5.41, 5.74) is 2.58. The summed E-state index contributed by atoms with van der Waals surface area (Å²) < 4.78 is 0. The number of benzene rings is 1. The van der Waals surface area contributed by atoms with E-state index in [0.29, 0.717) is 12.2 Å². The van der Waals surface area contributed by atoms with Gasteiger partial charge < -0.3 is 5.32 Å². The van der Waals surface area contributed by atoms with Gasteiger partial charge in [-0.2, -0.15) is 5.10 Å². The number of hydrogen-bond donors (Lipinski definition) is 1. The SMILES string of the molecule is Cc1cccc(CNC(=O)c2cccnn2)c1. The van der Waals surface area contributed by atoms with Crippen molar-refractivity contribution in [3.63, 3.8) is 0 Å². The summed E-state index contributed by atoms with van der Waals surface area (Å²) in [4.78, 5) is 11.7. The van der Waals surface area contributed by atoms with Crippen molar-refractivity contribution in [3.8, 4) is 0 Å². The summed E-state index contributed by atoms with van der Waals surface area (Å²) in [6.07, 6.45) is 1.54. The van der Waals surface area contributed by atoms with Crippen LogP contribution >= 0.6 is 0 Å². The van der Waals surface area contributed by atoms with Crippen molar-refractivity contribution in [2.45, 2.75) is 13.5 Å². The van der Waals surface area contributed by atoms with E-state index in [1.165, 1.54) is 11.8 Å². The summed E-state index contributed by atoms with van der Waals surface area (Å²) >= 11 is 0. The Bertz CT molecular complexity index is 511. The second kappa shape index (κ2) is 5.21. The van der Waals surface area contributed by atoms with Crippen LogP contribution in [0, 0.1) is 6.92 Å². The molecule has 0 aliphatic heterocycles. The van der Waals surface area contributed by atoms with Gasteiger partial charge in [-0.3, -0.25) is 4.79 Å². The normalized spacial score (nSPS) is 9.94. The van der Waals surface area contributed by atoms with Crippen molar-refractivity contribution < 1.29 is 4.79 Å². The van der Waals surface area contributed by atoms with E-state index in [4.69, 9.17) is 0 Å². The topological polar surface area (TPSA) is 54.9 Å². The fourth-order valence-electron chi connectivity index (χ4n) is 1.52. The van der Waals surface area contributed by atoms with Gasteiger partial charge in [0.15, 0.2) is 5.69 Å². The summed E-state index contributed by atoms with van der Waals surface area (Å²) in [6, 6.07) is 11.3. The van der Waals surface area contributed by atoms with E-state index in [2.05, 4.69) is 15.5 Å². The highest BCUT2D eigenvalue weighted by Gasteiger charge is 2.05. The molecule has 1 heterocycles. The Kier molecular flexibility index (Phi) is 3.45. The largest absolute Gasteiger partial charge is 0.347 e. The van der Waals surface area contributed by atoms with Crippen molar-refractivity contribution in [2.75, 3.05) is 0 Å². The van der Waals surface area contributed by atoms with Crippen LogP contribution in [0.2, 0.25) is 0 Å². The molecule has 17 heavy (non-hydrogen) atoms. The van der Waals surface area contributed by atoms with Gasteiger partial charge in [0.25, 0.3) is 5.91 Å². The lowest BCUT2D eigenvalue weighted by Crippen LogP contribution is -2.23. The lowest BCUT2D eigenvalue weighted by molar-refractivity contribution is 0.0945. The van der Waals surface area contributed by atoms with Crippen molar-refractivity contribution in [3.05, 3.63) is 59.4 Å². The van der Waals surface area contributed by atoms with Gasteiger partial charge in [0, 0.05) is 12.7 Å². The average molecular weight is 227 g/mol. The second-order valence-corrected chi connectivity index (χ2v) is 3.78. The third-order valence-corrected chi connectivity index (χ3v) is 2.34. The summed E-state index contributed by atoms with van der Waals surface area (Å²) in [7, 11) is 0. The minimum absolute atomic E-state index is 0.209. The fraction of sp³-hybridized carbons (Fsp3) is 0.154. The van der Waals surface area contributed by atoms with Crippen molar-refractivity contribution in [1.29, 1.82) is 0 Å². The molecular formula is C13H13N3O. The van der Waals surface area contributed by atoms with E-state index in [1.807, 2.05) is 31.2 Å². The molecule has 0 saturated heterocycles. The molecule has 4 heteroatoms. The molecule has 0 saturated carbocycles. The molecule has 1 amide bonds. The maximum Gasteiger partial charge on any atom is 0.272 e. The van der Waals surface area contributed by atoms with Gasteiger partial charge in [-0.05, 0) is 24.6 Å². The zero-order valence-corrected chi connectivity index (χ0v) is 9.55.